The van der Waals surface area contributed by atoms with Crippen molar-refractivity contribution in [2.45, 2.75) is 36.9 Å². The maximum atomic E-state index is 14.2. The van der Waals surface area contributed by atoms with Crippen LogP contribution in [-0.4, -0.2) is 75.1 Å². The lowest BCUT2D eigenvalue weighted by Crippen LogP contribution is -2.64. The van der Waals surface area contributed by atoms with Gasteiger partial charge >= 0.3 is 5.69 Å². The molecular formula is C21H26FN3O8. The van der Waals surface area contributed by atoms with Gasteiger partial charge in [-0.05, 0) is 6.42 Å². The number of ether oxygens (including phenoxy) is 3. The van der Waals surface area contributed by atoms with Gasteiger partial charge in [-0.2, -0.15) is 4.98 Å². The number of nitrogens with two attached hydrogens (primary N) is 1. The lowest BCUT2D eigenvalue weighted by Gasteiger charge is -2.40. The highest BCUT2D eigenvalue weighted by molar-refractivity contribution is 6.02. The van der Waals surface area contributed by atoms with Gasteiger partial charge in [0, 0.05) is 5.56 Å². The van der Waals surface area contributed by atoms with E-state index in [0.717, 1.165) is 13.2 Å². The molecule has 12 heteroatoms. The molecule has 0 spiro atoms. The molecule has 0 radical (unpaired) electrons. The summed E-state index contributed by atoms with van der Waals surface area (Å²) in [5, 5.41) is 31.4. The van der Waals surface area contributed by atoms with Crippen molar-refractivity contribution in [3.63, 3.8) is 0 Å². The van der Waals surface area contributed by atoms with E-state index in [0.29, 0.717) is 17.6 Å². The number of benzene rings is 1. The Labute approximate surface area is 188 Å². The summed E-state index contributed by atoms with van der Waals surface area (Å²) >= 11 is 0. The average molecular weight is 467 g/mol. The molecule has 2 aromatic rings. The first-order valence-corrected chi connectivity index (χ1v) is 10.2. The van der Waals surface area contributed by atoms with Crippen molar-refractivity contribution >= 4 is 11.6 Å². The van der Waals surface area contributed by atoms with Crippen LogP contribution < -0.4 is 11.4 Å². The zero-order chi connectivity index (χ0) is 24.2. The van der Waals surface area contributed by atoms with Crippen LogP contribution in [0.1, 0.15) is 23.7 Å². The highest BCUT2D eigenvalue weighted by Crippen LogP contribution is 2.47. The maximum Gasteiger partial charge on any atom is 0.352 e. The third kappa shape index (κ3) is 4.28. The van der Waals surface area contributed by atoms with Gasteiger partial charge in [-0.15, -0.1) is 0 Å². The Hall–Kier alpha value is -2.74. The summed E-state index contributed by atoms with van der Waals surface area (Å²) in [5.41, 5.74) is -0.760. The molecule has 1 aromatic heterocycles. The molecule has 1 aromatic carbocycles. The van der Waals surface area contributed by atoms with E-state index in [1.165, 1.54) is 19.1 Å². The number of Topliss-reactive ketones (excluding diaryl/α,β-unsaturated/α-hetero) is 1. The second-order valence-electron chi connectivity index (χ2n) is 7.46. The lowest BCUT2D eigenvalue weighted by atomic mass is 9.79. The third-order valence-corrected chi connectivity index (χ3v) is 5.60. The summed E-state index contributed by atoms with van der Waals surface area (Å²) in [4.78, 5) is 29.4. The number of nitrogen functional groups attached to an aromatic ring is 1. The SMILES string of the molecule is C1COCO1.CC[C@@]1(O)[C@H](O)[C@@H](CO)O[C@@]1(C(=O)c1ccccc1)n1cc(F)c(N)nc1=O. The maximum absolute atomic E-state index is 14.2. The smallest absolute Gasteiger partial charge is 0.352 e. The molecule has 0 saturated carbocycles. The molecule has 2 aliphatic heterocycles. The van der Waals surface area contributed by atoms with E-state index in [9.17, 15) is 29.3 Å². The van der Waals surface area contributed by atoms with E-state index in [4.69, 9.17) is 19.9 Å². The van der Waals surface area contributed by atoms with E-state index in [1.54, 1.807) is 18.2 Å². The van der Waals surface area contributed by atoms with Gasteiger partial charge in [0.2, 0.25) is 11.5 Å². The van der Waals surface area contributed by atoms with Crippen molar-refractivity contribution in [3.8, 4) is 0 Å². The minimum absolute atomic E-state index is 0.0318. The highest BCUT2D eigenvalue weighted by atomic mass is 19.1. The molecule has 4 atom stereocenters. The molecule has 180 valence electrons. The first-order valence-electron chi connectivity index (χ1n) is 10.2. The van der Waals surface area contributed by atoms with Crippen molar-refractivity contribution in [1.82, 2.24) is 9.55 Å². The molecule has 2 fully saturated rings. The Morgan fingerprint density at radius 3 is 2.45 bits per heavy atom. The van der Waals surface area contributed by atoms with Crippen LogP contribution >= 0.6 is 0 Å². The topological polar surface area (TPSA) is 166 Å². The number of ketones is 1. The molecule has 2 aliphatic rings. The average Bonchev–Trinajstić information content (AvgIpc) is 3.48. The van der Waals surface area contributed by atoms with Crippen molar-refractivity contribution in [2.75, 3.05) is 32.3 Å². The molecule has 0 aliphatic carbocycles. The number of rotatable bonds is 5. The number of hydrogen-bond acceptors (Lipinski definition) is 10. The second kappa shape index (κ2) is 10.0. The molecule has 0 bridgehead atoms. The predicted molar refractivity (Wildman–Crippen MR) is 112 cm³/mol. The van der Waals surface area contributed by atoms with Gasteiger partial charge in [-0.25, -0.2) is 9.18 Å². The Balaban J connectivity index is 0.000000541. The van der Waals surface area contributed by atoms with Gasteiger partial charge < -0.3 is 35.3 Å². The first-order chi connectivity index (χ1) is 15.7. The predicted octanol–water partition coefficient (Wildman–Crippen LogP) is -0.616. The van der Waals surface area contributed by atoms with Gasteiger partial charge in [0.1, 0.15) is 24.6 Å². The van der Waals surface area contributed by atoms with Crippen LogP contribution in [0.3, 0.4) is 0 Å². The number of anilines is 1. The quantitative estimate of drug-likeness (QED) is 0.416. The molecule has 0 amide bonds. The number of aliphatic hydroxyl groups excluding tert-OH is 2. The standard InChI is InChI=1S/C18H20FN3O6.C3H6O2/c1-2-17(27)14(25)12(9-23)28-18(17,13(24)10-6-4-3-5-7-10)22-8-11(19)15(20)21-16(22)26;1-2-5-3-4-1/h3-8,12,14,23,25,27H,2,9H2,1H3,(H2,20,21,26);1-3H2/t12-,14-,17-,18-;/m1./s1. The van der Waals surface area contributed by atoms with E-state index in [-0.39, 0.29) is 12.0 Å². The summed E-state index contributed by atoms with van der Waals surface area (Å²) in [6.07, 6.45) is -2.83. The number of carbonyl (C=O) groups is 1. The number of aliphatic hydroxyl groups is 3. The second-order valence-corrected chi connectivity index (χ2v) is 7.46. The van der Waals surface area contributed by atoms with Gasteiger partial charge in [0.15, 0.2) is 11.6 Å². The summed E-state index contributed by atoms with van der Waals surface area (Å²) in [5.74, 6) is -2.73. The molecular weight excluding hydrogens is 441 g/mol. The van der Waals surface area contributed by atoms with Crippen molar-refractivity contribution in [2.24, 2.45) is 0 Å². The Morgan fingerprint density at radius 2 is 1.94 bits per heavy atom. The molecule has 0 unspecified atom stereocenters. The van der Waals surface area contributed by atoms with Gasteiger partial charge in [-0.3, -0.25) is 9.36 Å². The zero-order valence-corrected chi connectivity index (χ0v) is 17.9. The molecule has 3 heterocycles. The van der Waals surface area contributed by atoms with Crippen LogP contribution in [0.5, 0.6) is 0 Å². The fourth-order valence-electron chi connectivity index (χ4n) is 3.85. The lowest BCUT2D eigenvalue weighted by molar-refractivity contribution is -0.167. The Bertz CT molecular complexity index is 1020. The summed E-state index contributed by atoms with van der Waals surface area (Å²) in [6, 6.07) is 7.56. The third-order valence-electron chi connectivity index (χ3n) is 5.60. The monoisotopic (exact) mass is 467 g/mol. The molecule has 4 rings (SSSR count). The fraction of sp³-hybridized carbons (Fsp3) is 0.476. The number of aromatic nitrogens is 2. The highest BCUT2D eigenvalue weighted by Gasteiger charge is 2.69. The van der Waals surface area contributed by atoms with Crippen molar-refractivity contribution in [3.05, 3.63) is 58.4 Å². The minimum atomic E-state index is -2.57. The molecule has 33 heavy (non-hydrogen) atoms. The minimum Gasteiger partial charge on any atom is -0.394 e. The van der Waals surface area contributed by atoms with E-state index in [2.05, 4.69) is 4.98 Å². The van der Waals surface area contributed by atoms with E-state index >= 15 is 0 Å². The molecule has 11 nitrogen and oxygen atoms in total. The molecule has 5 N–H and O–H groups in total. The number of halogens is 1. The van der Waals surface area contributed by atoms with E-state index < -0.39 is 53.2 Å². The Kier molecular flexibility index (Phi) is 7.57. The van der Waals surface area contributed by atoms with Crippen LogP contribution in [0.25, 0.3) is 0 Å². The summed E-state index contributed by atoms with van der Waals surface area (Å²) < 4.78 is 29.7. The van der Waals surface area contributed by atoms with Crippen LogP contribution in [-0.2, 0) is 19.9 Å². The van der Waals surface area contributed by atoms with Gasteiger partial charge in [0.05, 0.1) is 26.0 Å². The van der Waals surface area contributed by atoms with Crippen LogP contribution in [0.15, 0.2) is 41.3 Å². The van der Waals surface area contributed by atoms with Gasteiger partial charge in [0.25, 0.3) is 0 Å². The number of nitrogens with zero attached hydrogens (tertiary/aromatic N) is 2. The zero-order valence-electron chi connectivity index (χ0n) is 17.9. The van der Waals surface area contributed by atoms with Crippen molar-refractivity contribution < 1.29 is 38.7 Å². The van der Waals surface area contributed by atoms with Crippen LogP contribution in [0.4, 0.5) is 10.2 Å². The van der Waals surface area contributed by atoms with Gasteiger partial charge in [-0.1, -0.05) is 37.3 Å². The Morgan fingerprint density at radius 1 is 1.30 bits per heavy atom. The fourth-order valence-corrected chi connectivity index (χ4v) is 3.85. The molecule has 2 saturated heterocycles. The van der Waals surface area contributed by atoms with Crippen LogP contribution in [0.2, 0.25) is 0 Å². The number of carbonyl (C=O) groups excluding carboxylic acids is 1. The first kappa shape index (κ1) is 24.9. The number of hydrogen-bond donors (Lipinski definition) is 4. The summed E-state index contributed by atoms with van der Waals surface area (Å²) in [6.45, 7) is 2.75. The normalized spacial score (nSPS) is 28.9. The summed E-state index contributed by atoms with van der Waals surface area (Å²) in [7, 11) is 0. The largest absolute Gasteiger partial charge is 0.394 e. The van der Waals surface area contributed by atoms with Crippen molar-refractivity contribution in [1.29, 1.82) is 0 Å². The van der Waals surface area contributed by atoms with Crippen LogP contribution in [0, 0.1) is 5.82 Å². The van der Waals surface area contributed by atoms with E-state index in [1.807, 2.05) is 0 Å².